The minimum atomic E-state index is -0.859. The predicted molar refractivity (Wildman–Crippen MR) is 110 cm³/mol. The van der Waals surface area contributed by atoms with Crippen molar-refractivity contribution in [1.29, 1.82) is 0 Å². The van der Waals surface area contributed by atoms with E-state index in [0.717, 1.165) is 4.68 Å². The van der Waals surface area contributed by atoms with Crippen molar-refractivity contribution in [1.82, 2.24) is 9.78 Å². The Hall–Kier alpha value is -3.78. The second-order valence-corrected chi connectivity index (χ2v) is 7.16. The van der Waals surface area contributed by atoms with Crippen molar-refractivity contribution in [3.05, 3.63) is 76.1 Å². The SMILES string of the molecule is Cc1nn(C(=O)Nc2cccc(C(=O)c3ccc4c(c3)NC(=O)C4C=O)c2)cc1Cl. The van der Waals surface area contributed by atoms with Crippen LogP contribution in [0.5, 0.6) is 0 Å². The maximum Gasteiger partial charge on any atom is 0.346 e. The highest BCUT2D eigenvalue weighted by Gasteiger charge is 2.30. The molecule has 0 saturated heterocycles. The van der Waals surface area contributed by atoms with E-state index in [-0.39, 0.29) is 5.78 Å². The zero-order valence-corrected chi connectivity index (χ0v) is 16.4. The van der Waals surface area contributed by atoms with Crippen molar-refractivity contribution >= 4 is 47.0 Å². The molecule has 1 aliphatic heterocycles. The molecule has 1 unspecified atom stereocenters. The molecule has 4 rings (SSSR count). The molecule has 0 bridgehead atoms. The van der Waals surface area contributed by atoms with Gasteiger partial charge in [-0.2, -0.15) is 9.78 Å². The Kier molecular flexibility index (Phi) is 4.93. The number of aryl methyl sites for hydroxylation is 1. The quantitative estimate of drug-likeness (QED) is 0.380. The minimum Gasteiger partial charge on any atom is -0.325 e. The lowest BCUT2D eigenvalue weighted by atomic mass is 9.97. The van der Waals surface area contributed by atoms with Crippen LogP contribution in [0.2, 0.25) is 5.02 Å². The number of rotatable bonds is 4. The fraction of sp³-hybridized carbons (Fsp3) is 0.0952. The summed E-state index contributed by atoms with van der Waals surface area (Å²) in [6, 6.07) is 10.6. The Labute approximate surface area is 175 Å². The predicted octanol–water partition coefficient (Wildman–Crippen LogP) is 3.39. The van der Waals surface area contributed by atoms with E-state index in [0.29, 0.717) is 45.1 Å². The average Bonchev–Trinajstić information content (AvgIpc) is 3.24. The lowest BCUT2D eigenvalue weighted by Gasteiger charge is -2.08. The molecule has 2 aromatic carbocycles. The van der Waals surface area contributed by atoms with Crippen molar-refractivity contribution < 1.29 is 19.2 Å². The number of carbonyl (C=O) groups is 4. The molecule has 0 fully saturated rings. The second kappa shape index (κ2) is 7.57. The van der Waals surface area contributed by atoms with Gasteiger partial charge in [0.25, 0.3) is 0 Å². The van der Waals surface area contributed by atoms with Gasteiger partial charge in [0.2, 0.25) is 5.91 Å². The maximum absolute atomic E-state index is 12.9. The monoisotopic (exact) mass is 422 g/mol. The summed E-state index contributed by atoms with van der Waals surface area (Å²) in [7, 11) is 0. The molecule has 0 saturated carbocycles. The Morgan fingerprint density at radius 3 is 2.67 bits per heavy atom. The first-order valence-electron chi connectivity index (χ1n) is 8.95. The van der Waals surface area contributed by atoms with Gasteiger partial charge in [0.05, 0.1) is 16.9 Å². The van der Waals surface area contributed by atoms with E-state index in [1.165, 1.54) is 12.3 Å². The van der Waals surface area contributed by atoms with Gasteiger partial charge in [-0.15, -0.1) is 0 Å². The number of aromatic nitrogens is 2. The zero-order chi connectivity index (χ0) is 21.4. The molecule has 9 heteroatoms. The number of ketones is 1. The number of benzene rings is 2. The first-order valence-corrected chi connectivity index (χ1v) is 9.33. The molecule has 1 aliphatic rings. The number of nitrogens with zero attached hydrogens (tertiary/aromatic N) is 2. The van der Waals surface area contributed by atoms with Crippen molar-refractivity contribution in [3.8, 4) is 0 Å². The summed E-state index contributed by atoms with van der Waals surface area (Å²) in [6.45, 7) is 1.68. The van der Waals surface area contributed by atoms with Crippen molar-refractivity contribution in [2.45, 2.75) is 12.8 Å². The van der Waals surface area contributed by atoms with Crippen LogP contribution in [0.4, 0.5) is 16.2 Å². The van der Waals surface area contributed by atoms with E-state index in [1.54, 1.807) is 43.3 Å². The molecule has 0 aliphatic carbocycles. The Morgan fingerprint density at radius 1 is 1.20 bits per heavy atom. The largest absolute Gasteiger partial charge is 0.346 e. The maximum atomic E-state index is 12.9. The summed E-state index contributed by atoms with van der Waals surface area (Å²) in [4.78, 5) is 48.1. The van der Waals surface area contributed by atoms with Crippen LogP contribution >= 0.6 is 11.6 Å². The number of amides is 2. The number of hydrogen-bond acceptors (Lipinski definition) is 5. The number of hydrogen-bond donors (Lipinski definition) is 2. The summed E-state index contributed by atoms with van der Waals surface area (Å²) in [6.07, 6.45) is 1.97. The third-order valence-corrected chi connectivity index (χ3v) is 5.12. The highest BCUT2D eigenvalue weighted by molar-refractivity contribution is 6.31. The first kappa shape index (κ1) is 19.5. The fourth-order valence-corrected chi connectivity index (χ4v) is 3.32. The molecule has 1 atom stereocenters. The van der Waals surface area contributed by atoms with Gasteiger partial charge in [-0.3, -0.25) is 9.59 Å². The average molecular weight is 423 g/mol. The number of carbonyl (C=O) groups excluding carboxylic acids is 4. The summed E-state index contributed by atoms with van der Waals surface area (Å²) < 4.78 is 1.08. The van der Waals surface area contributed by atoms with Crippen LogP contribution in [0.25, 0.3) is 0 Å². The molecule has 0 radical (unpaired) electrons. The van der Waals surface area contributed by atoms with E-state index in [9.17, 15) is 19.2 Å². The fourth-order valence-electron chi connectivity index (χ4n) is 3.19. The standard InChI is InChI=1S/C21H15ClN4O4/c1-11-17(22)9-26(25-11)21(30)23-14-4-2-3-12(7-14)19(28)13-5-6-15-16(10-27)20(29)24-18(15)8-13/h2-10,16H,1H3,(H,23,30)(H,24,29). The van der Waals surface area contributed by atoms with Gasteiger partial charge < -0.3 is 15.4 Å². The Morgan fingerprint density at radius 2 is 1.97 bits per heavy atom. The molecule has 30 heavy (non-hydrogen) atoms. The Bertz CT molecular complexity index is 1200. The Balaban J connectivity index is 1.56. The molecule has 0 spiro atoms. The molecule has 150 valence electrons. The highest BCUT2D eigenvalue weighted by Crippen LogP contribution is 2.32. The van der Waals surface area contributed by atoms with Gasteiger partial charge in [0.15, 0.2) is 5.78 Å². The molecular formula is C21H15ClN4O4. The van der Waals surface area contributed by atoms with Crippen LogP contribution in [-0.4, -0.2) is 33.8 Å². The van der Waals surface area contributed by atoms with Crippen LogP contribution in [0.15, 0.2) is 48.7 Å². The molecule has 2 N–H and O–H groups in total. The van der Waals surface area contributed by atoms with Crippen LogP contribution in [0.1, 0.15) is 33.1 Å². The smallest absolute Gasteiger partial charge is 0.325 e. The second-order valence-electron chi connectivity index (χ2n) is 6.75. The normalized spacial score (nSPS) is 14.7. The number of fused-ring (bicyclic) bond motifs is 1. The molecule has 1 aromatic heterocycles. The van der Waals surface area contributed by atoms with Gasteiger partial charge in [-0.05, 0) is 30.7 Å². The molecule has 8 nitrogen and oxygen atoms in total. The molecular weight excluding hydrogens is 408 g/mol. The van der Waals surface area contributed by atoms with Gasteiger partial charge in [-0.1, -0.05) is 35.9 Å². The van der Waals surface area contributed by atoms with Gasteiger partial charge in [-0.25, -0.2) is 4.79 Å². The number of nitrogens with one attached hydrogen (secondary N) is 2. The third-order valence-electron chi connectivity index (χ3n) is 4.75. The van der Waals surface area contributed by atoms with E-state index < -0.39 is 17.9 Å². The summed E-state index contributed by atoms with van der Waals surface area (Å²) >= 11 is 5.93. The number of halogens is 1. The van der Waals surface area contributed by atoms with Gasteiger partial charge >= 0.3 is 6.03 Å². The van der Waals surface area contributed by atoms with E-state index in [4.69, 9.17) is 11.6 Å². The number of anilines is 2. The molecule has 2 amide bonds. The van der Waals surface area contributed by atoms with E-state index in [1.807, 2.05) is 0 Å². The van der Waals surface area contributed by atoms with Crippen molar-refractivity contribution in [2.24, 2.45) is 0 Å². The van der Waals surface area contributed by atoms with E-state index >= 15 is 0 Å². The van der Waals surface area contributed by atoms with Crippen LogP contribution in [-0.2, 0) is 9.59 Å². The van der Waals surface area contributed by atoms with Crippen LogP contribution < -0.4 is 10.6 Å². The van der Waals surface area contributed by atoms with Crippen LogP contribution in [0, 0.1) is 6.92 Å². The topological polar surface area (TPSA) is 110 Å². The van der Waals surface area contributed by atoms with Crippen molar-refractivity contribution in [3.63, 3.8) is 0 Å². The lowest BCUT2D eigenvalue weighted by Crippen LogP contribution is -2.20. The van der Waals surface area contributed by atoms with Crippen molar-refractivity contribution in [2.75, 3.05) is 10.6 Å². The van der Waals surface area contributed by atoms with E-state index in [2.05, 4.69) is 15.7 Å². The lowest BCUT2D eigenvalue weighted by molar-refractivity contribution is -0.121. The molecule has 3 aromatic rings. The minimum absolute atomic E-state index is 0.296. The highest BCUT2D eigenvalue weighted by atomic mass is 35.5. The molecule has 2 heterocycles. The third kappa shape index (κ3) is 3.48. The first-order chi connectivity index (χ1) is 14.4. The zero-order valence-electron chi connectivity index (χ0n) is 15.7. The summed E-state index contributed by atoms with van der Waals surface area (Å²) in [5.74, 6) is -1.57. The summed E-state index contributed by atoms with van der Waals surface area (Å²) in [5, 5.41) is 9.65. The van der Waals surface area contributed by atoms with Gasteiger partial charge in [0, 0.05) is 22.5 Å². The number of aldehydes is 1. The van der Waals surface area contributed by atoms with Gasteiger partial charge in [0.1, 0.15) is 12.2 Å². The van der Waals surface area contributed by atoms with Crippen LogP contribution in [0.3, 0.4) is 0 Å². The summed E-state index contributed by atoms with van der Waals surface area (Å²) in [5.41, 5.74) is 2.61.